The van der Waals surface area contributed by atoms with E-state index >= 15 is 0 Å². The lowest BCUT2D eigenvalue weighted by Crippen LogP contribution is -2.42. The molecule has 0 bridgehead atoms. The number of nitrogens with zero attached hydrogens (tertiary/aromatic N) is 3. The molecule has 1 unspecified atom stereocenters. The van der Waals surface area contributed by atoms with Crippen molar-refractivity contribution < 1.29 is 22.7 Å². The number of rotatable bonds is 6. The maximum atomic E-state index is 13.5. The predicted molar refractivity (Wildman–Crippen MR) is 115 cm³/mol. The average Bonchev–Trinajstić information content (AvgIpc) is 3.20. The van der Waals surface area contributed by atoms with E-state index in [0.717, 1.165) is 23.9 Å². The van der Waals surface area contributed by atoms with Gasteiger partial charge in [-0.15, -0.1) is 0 Å². The summed E-state index contributed by atoms with van der Waals surface area (Å²) in [5.74, 6) is -0.360. The number of sulfonamides is 1. The number of hydrogen-bond acceptors (Lipinski definition) is 6. The second kappa shape index (κ2) is 8.78. The highest BCUT2D eigenvalue weighted by Crippen LogP contribution is 2.32. The molecule has 0 aliphatic carbocycles. The van der Waals surface area contributed by atoms with Crippen LogP contribution < -0.4 is 0 Å². The minimum absolute atomic E-state index is 0.0928. The third-order valence-electron chi connectivity index (χ3n) is 5.65. The molecule has 8 nitrogen and oxygen atoms in total. The Labute approximate surface area is 181 Å². The molecule has 3 heterocycles. The molecule has 0 radical (unpaired) electrons. The van der Waals surface area contributed by atoms with Gasteiger partial charge in [-0.25, -0.2) is 12.9 Å². The lowest BCUT2D eigenvalue weighted by Gasteiger charge is -2.31. The second-order valence-electron chi connectivity index (χ2n) is 7.53. The van der Waals surface area contributed by atoms with Gasteiger partial charge in [-0.2, -0.15) is 9.40 Å². The molecule has 2 aromatic heterocycles. The molecule has 0 spiro atoms. The van der Waals surface area contributed by atoms with Gasteiger partial charge in [0.15, 0.2) is 0 Å². The number of hydrogen-bond donors (Lipinski definition) is 0. The Morgan fingerprint density at radius 1 is 1.23 bits per heavy atom. The first-order valence-corrected chi connectivity index (χ1v) is 11.5. The molecule has 1 atom stereocenters. The van der Waals surface area contributed by atoms with Crippen LogP contribution in [0, 0.1) is 0 Å². The van der Waals surface area contributed by atoms with Gasteiger partial charge in [0, 0.05) is 37.5 Å². The lowest BCUT2D eigenvalue weighted by atomic mass is 10.1. The van der Waals surface area contributed by atoms with E-state index < -0.39 is 10.0 Å². The van der Waals surface area contributed by atoms with Crippen LogP contribution in [0.2, 0.25) is 0 Å². The van der Waals surface area contributed by atoms with Gasteiger partial charge >= 0.3 is 5.97 Å². The molecule has 9 heteroatoms. The van der Waals surface area contributed by atoms with Gasteiger partial charge in [-0.3, -0.25) is 4.79 Å². The Morgan fingerprint density at radius 3 is 2.81 bits per heavy atom. The number of benzene rings is 1. The molecule has 1 saturated heterocycles. The van der Waals surface area contributed by atoms with Crippen molar-refractivity contribution in [2.75, 3.05) is 27.3 Å². The molecule has 1 aromatic carbocycles. The second-order valence-corrected chi connectivity index (χ2v) is 9.43. The van der Waals surface area contributed by atoms with Crippen LogP contribution in [0.3, 0.4) is 0 Å². The summed E-state index contributed by atoms with van der Waals surface area (Å²) < 4.78 is 40.3. The number of ether oxygens (including phenoxy) is 2. The summed E-state index contributed by atoms with van der Waals surface area (Å²) in [4.78, 5) is 12.0. The maximum absolute atomic E-state index is 13.5. The Hall–Kier alpha value is -2.75. The van der Waals surface area contributed by atoms with Crippen molar-refractivity contribution in [2.24, 2.45) is 0 Å². The van der Waals surface area contributed by atoms with E-state index in [1.165, 1.54) is 11.4 Å². The van der Waals surface area contributed by atoms with Gasteiger partial charge in [0.1, 0.15) is 0 Å². The van der Waals surface area contributed by atoms with E-state index in [9.17, 15) is 13.2 Å². The van der Waals surface area contributed by atoms with Crippen LogP contribution in [0.1, 0.15) is 18.4 Å². The molecular formula is C22H25N3O5S. The summed E-state index contributed by atoms with van der Waals surface area (Å²) in [7, 11) is -0.745. The van der Waals surface area contributed by atoms with Gasteiger partial charge in [0.25, 0.3) is 0 Å². The van der Waals surface area contributed by atoms with Gasteiger partial charge in [-0.1, -0.05) is 18.2 Å². The highest BCUT2D eigenvalue weighted by atomic mass is 32.2. The quantitative estimate of drug-likeness (QED) is 0.544. The number of carbonyl (C=O) groups is 1. The smallest absolute Gasteiger partial charge is 0.310 e. The highest BCUT2D eigenvalue weighted by molar-refractivity contribution is 7.89. The molecule has 164 valence electrons. The van der Waals surface area contributed by atoms with Gasteiger partial charge < -0.3 is 9.47 Å². The van der Waals surface area contributed by atoms with Crippen molar-refractivity contribution in [3.05, 3.63) is 54.4 Å². The van der Waals surface area contributed by atoms with Crippen LogP contribution in [0.25, 0.3) is 16.6 Å². The van der Waals surface area contributed by atoms with Crippen molar-refractivity contribution in [3.63, 3.8) is 0 Å². The zero-order valence-electron chi connectivity index (χ0n) is 17.5. The van der Waals surface area contributed by atoms with Crippen molar-refractivity contribution in [1.82, 2.24) is 13.9 Å². The first-order chi connectivity index (χ1) is 14.9. The van der Waals surface area contributed by atoms with Crippen molar-refractivity contribution in [1.29, 1.82) is 0 Å². The average molecular weight is 444 g/mol. The summed E-state index contributed by atoms with van der Waals surface area (Å²) in [5.41, 5.74) is 2.79. The third-order valence-corrected chi connectivity index (χ3v) is 7.58. The Kier molecular flexibility index (Phi) is 6.08. The summed E-state index contributed by atoms with van der Waals surface area (Å²) in [6.45, 7) is 0.819. The fourth-order valence-electron chi connectivity index (χ4n) is 3.95. The molecule has 0 saturated carbocycles. The fourth-order valence-corrected chi connectivity index (χ4v) is 5.67. The summed E-state index contributed by atoms with van der Waals surface area (Å²) in [6, 6.07) is 10.7. The van der Waals surface area contributed by atoms with E-state index in [0.29, 0.717) is 24.2 Å². The summed E-state index contributed by atoms with van der Waals surface area (Å²) in [6.07, 6.45) is 4.99. The Morgan fingerprint density at radius 2 is 2.03 bits per heavy atom. The molecule has 0 amide bonds. The van der Waals surface area contributed by atoms with Crippen molar-refractivity contribution in [3.8, 4) is 11.1 Å². The largest absolute Gasteiger partial charge is 0.469 e. The van der Waals surface area contributed by atoms with Crippen LogP contribution >= 0.6 is 0 Å². The maximum Gasteiger partial charge on any atom is 0.310 e. The van der Waals surface area contributed by atoms with E-state index in [2.05, 4.69) is 5.10 Å². The summed E-state index contributed by atoms with van der Waals surface area (Å²) >= 11 is 0. The number of methoxy groups -OCH3 is 2. The SMILES string of the molecule is COC(=O)Cc1cnn2ccc(-c3ccccc3S(=O)(=O)N3CCCC(OC)C3)cc12. The van der Waals surface area contributed by atoms with Gasteiger partial charge in [-0.05, 0) is 36.6 Å². The van der Waals surface area contributed by atoms with Crippen LogP contribution in [0.5, 0.6) is 0 Å². The number of esters is 1. The topological polar surface area (TPSA) is 90.2 Å². The molecular weight excluding hydrogens is 418 g/mol. The van der Waals surface area contributed by atoms with Crippen molar-refractivity contribution in [2.45, 2.75) is 30.3 Å². The first-order valence-electron chi connectivity index (χ1n) is 10.1. The van der Waals surface area contributed by atoms with Crippen LogP contribution in [0.4, 0.5) is 0 Å². The highest BCUT2D eigenvalue weighted by Gasteiger charge is 2.32. The monoisotopic (exact) mass is 443 g/mol. The van der Waals surface area contributed by atoms with E-state index in [1.807, 2.05) is 18.2 Å². The van der Waals surface area contributed by atoms with Crippen LogP contribution in [-0.4, -0.2) is 61.7 Å². The van der Waals surface area contributed by atoms with Crippen molar-refractivity contribution >= 4 is 21.5 Å². The fraction of sp³-hybridized carbons (Fsp3) is 0.364. The molecule has 3 aromatic rings. The lowest BCUT2D eigenvalue weighted by molar-refractivity contribution is -0.139. The molecule has 4 rings (SSSR count). The molecule has 1 aliphatic heterocycles. The number of aromatic nitrogens is 2. The molecule has 31 heavy (non-hydrogen) atoms. The third kappa shape index (κ3) is 4.21. The number of pyridine rings is 1. The van der Waals surface area contributed by atoms with E-state index in [-0.39, 0.29) is 23.4 Å². The Bertz CT molecular complexity index is 1200. The Balaban J connectivity index is 1.75. The normalized spacial score (nSPS) is 17.7. The van der Waals surface area contributed by atoms with Gasteiger partial charge in [0.05, 0.1) is 36.2 Å². The minimum Gasteiger partial charge on any atom is -0.469 e. The molecule has 0 N–H and O–H groups in total. The first kappa shape index (κ1) is 21.5. The molecule has 1 aliphatic rings. The van der Waals surface area contributed by atoms with Crippen LogP contribution in [0.15, 0.2) is 53.7 Å². The number of fused-ring (bicyclic) bond motifs is 1. The number of carbonyl (C=O) groups excluding carboxylic acids is 1. The zero-order valence-corrected chi connectivity index (χ0v) is 18.3. The molecule has 1 fully saturated rings. The standard InChI is InChI=1S/C22H25N3O5S/c1-29-18-6-5-10-24(15-18)31(27,28)21-8-4-3-7-19(21)16-9-11-25-20(12-16)17(14-23-25)13-22(26)30-2/h3-4,7-9,11-12,14,18H,5-6,10,13,15H2,1-2H3. The minimum atomic E-state index is -3.70. The zero-order chi connectivity index (χ0) is 22.0. The number of piperidine rings is 1. The van der Waals surface area contributed by atoms with Gasteiger partial charge in [0.2, 0.25) is 10.0 Å². The van der Waals surface area contributed by atoms with E-state index in [4.69, 9.17) is 9.47 Å². The van der Waals surface area contributed by atoms with E-state index in [1.54, 1.807) is 42.2 Å². The van der Waals surface area contributed by atoms with Crippen LogP contribution in [-0.2, 0) is 30.7 Å². The predicted octanol–water partition coefficient (Wildman–Crippen LogP) is 2.52. The summed E-state index contributed by atoms with van der Waals surface area (Å²) in [5, 5.41) is 4.27.